The summed E-state index contributed by atoms with van der Waals surface area (Å²) in [6, 6.07) is 0. The molecule has 0 spiro atoms. The molecule has 0 aliphatic carbocycles. The van der Waals surface area contributed by atoms with E-state index in [-0.39, 0.29) is 24.4 Å². The normalized spacial score (nSPS) is 20.1. The molecule has 7 nitrogen and oxygen atoms in total. The molecule has 1 saturated heterocycles. The van der Waals surface area contributed by atoms with Crippen LogP contribution in [0.5, 0.6) is 0 Å². The van der Waals surface area contributed by atoms with Crippen molar-refractivity contribution in [1.29, 1.82) is 0 Å². The van der Waals surface area contributed by atoms with E-state index in [1.165, 1.54) is 0 Å². The summed E-state index contributed by atoms with van der Waals surface area (Å²) in [4.78, 5) is 17.9. The van der Waals surface area contributed by atoms with Crippen LogP contribution in [0, 0.1) is 0 Å². The molecule has 2 rings (SSSR count). The lowest BCUT2D eigenvalue weighted by Gasteiger charge is -2.31. The van der Waals surface area contributed by atoms with Crippen molar-refractivity contribution in [2.45, 2.75) is 25.9 Å². The minimum atomic E-state index is -0.309. The number of H-pyrrole nitrogens is 1. The maximum atomic E-state index is 12.1. The quantitative estimate of drug-likeness (QED) is 0.762. The molecule has 1 atom stereocenters. The number of hydrogen-bond donors (Lipinski definition) is 2. The standard InChI is InChI=1S/C11H18N4O3/c1-2-3-9-12-10(14-13-9)11(17)15-4-5-18-8(6-15)7-16/h8,16H,2-7H2,1H3,(H,12,13,14). The Bertz CT molecular complexity index is 407. The second-order valence-electron chi connectivity index (χ2n) is 4.28. The van der Waals surface area contributed by atoms with Crippen LogP contribution in [0.1, 0.15) is 29.8 Å². The monoisotopic (exact) mass is 254 g/mol. The second kappa shape index (κ2) is 5.92. The summed E-state index contributed by atoms with van der Waals surface area (Å²) in [5.74, 6) is 0.709. The van der Waals surface area contributed by atoms with Crippen LogP contribution in [0.4, 0.5) is 0 Å². The Balaban J connectivity index is 2.00. The number of nitrogens with one attached hydrogen (secondary N) is 1. The van der Waals surface area contributed by atoms with Crippen LogP contribution in [-0.4, -0.2) is 63.5 Å². The van der Waals surface area contributed by atoms with Gasteiger partial charge in [-0.2, -0.15) is 0 Å². The van der Waals surface area contributed by atoms with E-state index in [9.17, 15) is 4.79 Å². The van der Waals surface area contributed by atoms with E-state index in [0.717, 1.165) is 18.7 Å². The molecule has 1 aliphatic rings. The zero-order chi connectivity index (χ0) is 13.0. The molecule has 1 fully saturated rings. The number of aryl methyl sites for hydroxylation is 1. The highest BCUT2D eigenvalue weighted by molar-refractivity contribution is 5.90. The van der Waals surface area contributed by atoms with E-state index in [4.69, 9.17) is 9.84 Å². The fourth-order valence-electron chi connectivity index (χ4n) is 1.90. The Kier molecular flexibility index (Phi) is 4.27. The van der Waals surface area contributed by atoms with Gasteiger partial charge >= 0.3 is 0 Å². The topological polar surface area (TPSA) is 91.3 Å². The number of hydrogen-bond acceptors (Lipinski definition) is 5. The second-order valence-corrected chi connectivity index (χ2v) is 4.28. The number of nitrogens with zero attached hydrogens (tertiary/aromatic N) is 3. The molecule has 1 aliphatic heterocycles. The summed E-state index contributed by atoms with van der Waals surface area (Å²) in [6.07, 6.45) is 1.42. The highest BCUT2D eigenvalue weighted by Gasteiger charge is 2.26. The molecule has 2 heterocycles. The smallest absolute Gasteiger partial charge is 0.293 e. The predicted octanol–water partition coefficient (Wildman–Crippen LogP) is -0.410. The summed E-state index contributed by atoms with van der Waals surface area (Å²) in [7, 11) is 0. The lowest BCUT2D eigenvalue weighted by molar-refractivity contribution is -0.0450. The number of morpholine rings is 1. The zero-order valence-electron chi connectivity index (χ0n) is 10.4. The summed E-state index contributed by atoms with van der Waals surface area (Å²) in [5.41, 5.74) is 0. The number of amides is 1. The average molecular weight is 254 g/mol. The van der Waals surface area contributed by atoms with Crippen LogP contribution in [0.3, 0.4) is 0 Å². The van der Waals surface area contributed by atoms with E-state index in [1.54, 1.807) is 4.90 Å². The Morgan fingerprint density at radius 1 is 1.67 bits per heavy atom. The van der Waals surface area contributed by atoms with Gasteiger partial charge in [-0.1, -0.05) is 6.92 Å². The molecule has 1 amide bonds. The van der Waals surface area contributed by atoms with Crippen LogP contribution in [0.15, 0.2) is 0 Å². The first-order chi connectivity index (χ1) is 8.74. The van der Waals surface area contributed by atoms with Gasteiger partial charge in [-0.3, -0.25) is 9.89 Å². The molecular weight excluding hydrogens is 236 g/mol. The summed E-state index contributed by atoms with van der Waals surface area (Å²) >= 11 is 0. The van der Waals surface area contributed by atoms with Gasteiger partial charge in [0.15, 0.2) is 0 Å². The van der Waals surface area contributed by atoms with Gasteiger partial charge in [-0.15, -0.1) is 5.10 Å². The Morgan fingerprint density at radius 2 is 2.50 bits per heavy atom. The maximum absolute atomic E-state index is 12.1. The van der Waals surface area contributed by atoms with Crippen molar-refractivity contribution >= 4 is 5.91 Å². The third-order valence-electron chi connectivity index (χ3n) is 2.84. The molecule has 1 unspecified atom stereocenters. The first-order valence-corrected chi connectivity index (χ1v) is 6.17. The number of aliphatic hydroxyl groups excluding tert-OH is 1. The van der Waals surface area contributed by atoms with E-state index in [2.05, 4.69) is 15.2 Å². The van der Waals surface area contributed by atoms with Crippen molar-refractivity contribution in [2.24, 2.45) is 0 Å². The lowest BCUT2D eigenvalue weighted by atomic mass is 10.3. The van der Waals surface area contributed by atoms with E-state index < -0.39 is 0 Å². The lowest BCUT2D eigenvalue weighted by Crippen LogP contribution is -2.47. The van der Waals surface area contributed by atoms with Crippen LogP contribution < -0.4 is 0 Å². The number of ether oxygens (including phenoxy) is 1. The Hall–Kier alpha value is -1.47. The van der Waals surface area contributed by atoms with Crippen LogP contribution >= 0.6 is 0 Å². The van der Waals surface area contributed by atoms with Gasteiger partial charge in [0.1, 0.15) is 5.82 Å². The first kappa shape index (κ1) is 13.0. The van der Waals surface area contributed by atoms with Gasteiger partial charge in [0.05, 0.1) is 19.3 Å². The molecule has 0 radical (unpaired) electrons. The molecule has 7 heteroatoms. The Morgan fingerprint density at radius 3 is 3.22 bits per heavy atom. The molecule has 0 aromatic carbocycles. The molecule has 100 valence electrons. The van der Waals surface area contributed by atoms with Crippen molar-refractivity contribution in [1.82, 2.24) is 20.1 Å². The van der Waals surface area contributed by atoms with Gasteiger partial charge < -0.3 is 14.7 Å². The third kappa shape index (κ3) is 2.85. The third-order valence-corrected chi connectivity index (χ3v) is 2.84. The minimum Gasteiger partial charge on any atom is -0.394 e. The van der Waals surface area contributed by atoms with Gasteiger partial charge in [0.25, 0.3) is 5.91 Å². The van der Waals surface area contributed by atoms with E-state index >= 15 is 0 Å². The number of carbonyl (C=O) groups excluding carboxylic acids is 1. The van der Waals surface area contributed by atoms with Crippen molar-refractivity contribution in [2.75, 3.05) is 26.3 Å². The number of aromatic amines is 1. The number of carbonyl (C=O) groups is 1. The molecule has 1 aromatic rings. The fraction of sp³-hybridized carbons (Fsp3) is 0.727. The van der Waals surface area contributed by atoms with Crippen LogP contribution in [0.25, 0.3) is 0 Å². The largest absolute Gasteiger partial charge is 0.394 e. The minimum absolute atomic E-state index is 0.0845. The number of aliphatic hydroxyl groups is 1. The van der Waals surface area contributed by atoms with Gasteiger partial charge in [-0.05, 0) is 6.42 Å². The number of rotatable bonds is 4. The van der Waals surface area contributed by atoms with E-state index in [0.29, 0.717) is 19.7 Å². The van der Waals surface area contributed by atoms with Crippen molar-refractivity contribution in [3.63, 3.8) is 0 Å². The first-order valence-electron chi connectivity index (χ1n) is 6.17. The Labute approximate surface area is 105 Å². The summed E-state index contributed by atoms with van der Waals surface area (Å²) < 4.78 is 5.29. The van der Waals surface area contributed by atoms with Crippen molar-refractivity contribution in [3.8, 4) is 0 Å². The molecule has 0 saturated carbocycles. The fourth-order valence-corrected chi connectivity index (χ4v) is 1.90. The van der Waals surface area contributed by atoms with Crippen molar-refractivity contribution < 1.29 is 14.6 Å². The van der Waals surface area contributed by atoms with Crippen molar-refractivity contribution in [3.05, 3.63) is 11.6 Å². The maximum Gasteiger partial charge on any atom is 0.293 e. The van der Waals surface area contributed by atoms with Gasteiger partial charge in [0.2, 0.25) is 5.82 Å². The average Bonchev–Trinajstić information content (AvgIpc) is 2.87. The molecule has 1 aromatic heterocycles. The highest BCUT2D eigenvalue weighted by atomic mass is 16.5. The van der Waals surface area contributed by atoms with Gasteiger partial charge in [0, 0.05) is 19.5 Å². The van der Waals surface area contributed by atoms with Gasteiger partial charge in [-0.25, -0.2) is 4.98 Å². The van der Waals surface area contributed by atoms with Crippen LogP contribution in [0.2, 0.25) is 0 Å². The summed E-state index contributed by atoms with van der Waals surface area (Å²) in [6.45, 7) is 3.28. The SMILES string of the molecule is CCCc1nc(C(=O)N2CCOC(CO)C2)n[nH]1. The molecule has 18 heavy (non-hydrogen) atoms. The van der Waals surface area contributed by atoms with E-state index in [1.807, 2.05) is 6.92 Å². The zero-order valence-corrected chi connectivity index (χ0v) is 10.4. The molecular formula is C11H18N4O3. The number of aromatic nitrogens is 3. The molecule has 2 N–H and O–H groups in total. The molecule has 0 bridgehead atoms. The van der Waals surface area contributed by atoms with Crippen LogP contribution in [-0.2, 0) is 11.2 Å². The summed E-state index contributed by atoms with van der Waals surface area (Å²) in [5, 5.41) is 15.7. The highest BCUT2D eigenvalue weighted by Crippen LogP contribution is 2.08. The predicted molar refractivity (Wildman–Crippen MR) is 63.1 cm³/mol.